The van der Waals surface area contributed by atoms with Crippen LogP contribution in [0.15, 0.2) is 0 Å². The number of carbonyl (C=O) groups excluding carboxylic acids is 2. The highest BCUT2D eigenvalue weighted by molar-refractivity contribution is 5.85. The Kier molecular flexibility index (Phi) is 5.01. The van der Waals surface area contributed by atoms with E-state index >= 15 is 0 Å². The average molecular weight is 300 g/mol. The fraction of sp³-hybridized carbons (Fsp3) is 0.867. The molecule has 0 bridgehead atoms. The van der Waals surface area contributed by atoms with Gasteiger partial charge in [0.2, 0.25) is 0 Å². The number of rotatable bonds is 4. The Morgan fingerprint density at radius 1 is 1.48 bits per heavy atom. The monoisotopic (exact) mass is 300 g/mol. The molecule has 1 heterocycles. The molecule has 5 atom stereocenters. The first-order valence-corrected chi connectivity index (χ1v) is 7.57. The van der Waals surface area contributed by atoms with Gasteiger partial charge in [0, 0.05) is 0 Å². The molecule has 120 valence electrons. The van der Waals surface area contributed by atoms with Crippen molar-refractivity contribution >= 4 is 11.8 Å². The summed E-state index contributed by atoms with van der Waals surface area (Å²) in [5.74, 6) is -0.315. The molecule has 6 nitrogen and oxygen atoms in total. The smallest absolute Gasteiger partial charge is 0.312 e. The van der Waals surface area contributed by atoms with Gasteiger partial charge in [0.15, 0.2) is 5.78 Å². The molecule has 0 radical (unpaired) electrons. The lowest BCUT2D eigenvalue weighted by Gasteiger charge is -2.32. The van der Waals surface area contributed by atoms with Gasteiger partial charge in [-0.25, -0.2) is 0 Å². The summed E-state index contributed by atoms with van der Waals surface area (Å²) >= 11 is 0. The Bertz CT molecular complexity index is 409. The molecule has 4 unspecified atom stereocenters. The van der Waals surface area contributed by atoms with Crippen molar-refractivity contribution in [2.24, 2.45) is 11.3 Å². The van der Waals surface area contributed by atoms with Crippen molar-refractivity contribution in [3.63, 3.8) is 0 Å². The molecule has 2 rings (SSSR count). The molecule has 21 heavy (non-hydrogen) atoms. The van der Waals surface area contributed by atoms with Crippen LogP contribution >= 0.6 is 0 Å². The van der Waals surface area contributed by atoms with Gasteiger partial charge in [-0.15, -0.1) is 0 Å². The molecule has 1 saturated carbocycles. The summed E-state index contributed by atoms with van der Waals surface area (Å²) in [5.41, 5.74) is -0.437. The molecule has 0 spiro atoms. The van der Waals surface area contributed by atoms with Crippen molar-refractivity contribution in [2.45, 2.75) is 57.8 Å². The highest BCUT2D eigenvalue weighted by atomic mass is 16.6. The third-order valence-electron chi connectivity index (χ3n) is 4.82. The van der Waals surface area contributed by atoms with E-state index in [2.05, 4.69) is 6.92 Å². The Morgan fingerprint density at radius 2 is 2.19 bits per heavy atom. The predicted octanol–water partition coefficient (Wildman–Crippen LogP) is 0.436. The summed E-state index contributed by atoms with van der Waals surface area (Å²) in [5, 5.41) is 19.3. The van der Waals surface area contributed by atoms with Crippen LogP contribution in [0.4, 0.5) is 0 Å². The normalized spacial score (nSPS) is 40.3. The average Bonchev–Trinajstić information content (AvgIpc) is 2.86. The molecule has 0 aromatic heterocycles. The van der Waals surface area contributed by atoms with E-state index in [1.165, 1.54) is 0 Å². The minimum atomic E-state index is -1.46. The summed E-state index contributed by atoms with van der Waals surface area (Å²) < 4.78 is 10.5. The number of aliphatic hydroxyl groups is 2. The molecule has 0 amide bonds. The standard InChI is InChI=1S/C15H24O6/c1-3-15(5-4-9(2)6-15)14(19)21-8-11-13(18)12(17)10(16)7-20-11/h9,11-13,17-18H,3-8H2,1-2H3/t9?,11?,12?,13-,15?/m1/s1. The van der Waals surface area contributed by atoms with Crippen LogP contribution in [0.3, 0.4) is 0 Å². The third-order valence-corrected chi connectivity index (χ3v) is 4.82. The largest absolute Gasteiger partial charge is 0.462 e. The molecule has 0 aromatic rings. The Balaban J connectivity index is 1.90. The fourth-order valence-corrected chi connectivity index (χ4v) is 3.27. The van der Waals surface area contributed by atoms with Gasteiger partial charge in [0.05, 0.1) is 5.41 Å². The molecular formula is C15H24O6. The number of carbonyl (C=O) groups is 2. The van der Waals surface area contributed by atoms with Crippen LogP contribution in [0.5, 0.6) is 0 Å². The van der Waals surface area contributed by atoms with E-state index in [0.29, 0.717) is 5.92 Å². The molecule has 0 aromatic carbocycles. The Morgan fingerprint density at radius 3 is 2.76 bits per heavy atom. The summed E-state index contributed by atoms with van der Waals surface area (Å²) in [7, 11) is 0. The maximum atomic E-state index is 12.4. The zero-order valence-electron chi connectivity index (χ0n) is 12.6. The lowest BCUT2D eigenvalue weighted by Crippen LogP contribution is -2.52. The van der Waals surface area contributed by atoms with Crippen molar-refractivity contribution in [1.82, 2.24) is 0 Å². The first-order valence-electron chi connectivity index (χ1n) is 7.57. The fourth-order valence-electron chi connectivity index (χ4n) is 3.27. The first kappa shape index (κ1) is 16.4. The van der Waals surface area contributed by atoms with Crippen LogP contribution < -0.4 is 0 Å². The van der Waals surface area contributed by atoms with Crippen molar-refractivity contribution in [3.8, 4) is 0 Å². The zero-order chi connectivity index (χ0) is 15.6. The number of Topliss-reactive ketones (excluding diaryl/α,β-unsaturated/α-hetero) is 1. The second-order valence-electron chi connectivity index (χ2n) is 6.33. The maximum Gasteiger partial charge on any atom is 0.312 e. The molecule has 1 aliphatic heterocycles. The molecule has 2 fully saturated rings. The van der Waals surface area contributed by atoms with Crippen LogP contribution in [0.1, 0.15) is 39.5 Å². The zero-order valence-corrected chi connectivity index (χ0v) is 12.6. The quantitative estimate of drug-likeness (QED) is 0.732. The summed E-state index contributed by atoms with van der Waals surface area (Å²) in [6.45, 7) is 3.70. The van der Waals surface area contributed by atoms with Crippen molar-refractivity contribution in [3.05, 3.63) is 0 Å². The number of esters is 1. The van der Waals surface area contributed by atoms with Gasteiger partial charge < -0.3 is 19.7 Å². The SMILES string of the molecule is CCC1(C(=O)OCC2OCC(=O)C(O)[C@@H]2O)CCC(C)C1. The van der Waals surface area contributed by atoms with Gasteiger partial charge in [0.25, 0.3) is 0 Å². The lowest BCUT2D eigenvalue weighted by molar-refractivity contribution is -0.181. The van der Waals surface area contributed by atoms with Crippen LogP contribution in [-0.4, -0.2) is 53.5 Å². The van der Waals surface area contributed by atoms with E-state index in [-0.39, 0.29) is 19.2 Å². The first-order chi connectivity index (χ1) is 9.89. The van der Waals surface area contributed by atoms with E-state index < -0.39 is 29.5 Å². The van der Waals surface area contributed by atoms with Gasteiger partial charge in [-0.3, -0.25) is 9.59 Å². The minimum Gasteiger partial charge on any atom is -0.462 e. The second-order valence-corrected chi connectivity index (χ2v) is 6.33. The van der Waals surface area contributed by atoms with E-state index in [1.807, 2.05) is 6.92 Å². The third kappa shape index (κ3) is 3.27. The highest BCUT2D eigenvalue weighted by Crippen LogP contribution is 2.45. The van der Waals surface area contributed by atoms with Gasteiger partial charge in [-0.05, 0) is 31.6 Å². The lowest BCUT2D eigenvalue weighted by atomic mass is 9.83. The Hall–Kier alpha value is -0.980. The maximum absolute atomic E-state index is 12.4. The summed E-state index contributed by atoms with van der Waals surface area (Å²) in [6.07, 6.45) is -0.289. The van der Waals surface area contributed by atoms with Crippen molar-refractivity contribution in [2.75, 3.05) is 13.2 Å². The van der Waals surface area contributed by atoms with E-state index in [0.717, 1.165) is 25.7 Å². The topological polar surface area (TPSA) is 93.1 Å². The molecule has 6 heteroatoms. The van der Waals surface area contributed by atoms with E-state index in [4.69, 9.17) is 9.47 Å². The van der Waals surface area contributed by atoms with E-state index in [9.17, 15) is 19.8 Å². The van der Waals surface area contributed by atoms with Crippen LogP contribution in [0.25, 0.3) is 0 Å². The van der Waals surface area contributed by atoms with E-state index in [1.54, 1.807) is 0 Å². The molecule has 2 aliphatic rings. The molecular weight excluding hydrogens is 276 g/mol. The number of ether oxygens (including phenoxy) is 2. The van der Waals surface area contributed by atoms with Crippen LogP contribution in [-0.2, 0) is 19.1 Å². The molecule has 2 N–H and O–H groups in total. The van der Waals surface area contributed by atoms with Gasteiger partial charge in [-0.2, -0.15) is 0 Å². The molecule has 1 saturated heterocycles. The minimum absolute atomic E-state index is 0.138. The van der Waals surface area contributed by atoms with Gasteiger partial charge in [-0.1, -0.05) is 13.8 Å². The number of hydrogen-bond acceptors (Lipinski definition) is 6. The highest BCUT2D eigenvalue weighted by Gasteiger charge is 2.45. The number of hydrogen-bond donors (Lipinski definition) is 2. The number of aliphatic hydroxyl groups excluding tert-OH is 2. The van der Waals surface area contributed by atoms with Gasteiger partial charge >= 0.3 is 5.97 Å². The van der Waals surface area contributed by atoms with Gasteiger partial charge in [0.1, 0.15) is 31.5 Å². The van der Waals surface area contributed by atoms with Crippen LogP contribution in [0, 0.1) is 11.3 Å². The summed E-state index contributed by atoms with van der Waals surface area (Å²) in [6, 6.07) is 0. The second kappa shape index (κ2) is 6.42. The summed E-state index contributed by atoms with van der Waals surface area (Å²) in [4.78, 5) is 23.5. The van der Waals surface area contributed by atoms with Crippen LogP contribution in [0.2, 0.25) is 0 Å². The number of ketones is 1. The predicted molar refractivity (Wildman–Crippen MR) is 73.5 cm³/mol. The molecule has 1 aliphatic carbocycles. The van der Waals surface area contributed by atoms with Crippen molar-refractivity contribution < 1.29 is 29.3 Å². The van der Waals surface area contributed by atoms with Crippen molar-refractivity contribution in [1.29, 1.82) is 0 Å². The Labute approximate surface area is 124 Å².